The van der Waals surface area contributed by atoms with Crippen molar-refractivity contribution in [2.45, 2.75) is 46.1 Å². The average molecular weight is 497 g/mol. The summed E-state index contributed by atoms with van der Waals surface area (Å²) in [4.78, 5) is 14.5. The molecule has 3 aliphatic heterocycles. The molecule has 4 heterocycles. The van der Waals surface area contributed by atoms with Gasteiger partial charge in [0.15, 0.2) is 16.6 Å². The van der Waals surface area contributed by atoms with Gasteiger partial charge in [-0.3, -0.25) is 0 Å². The van der Waals surface area contributed by atoms with E-state index in [2.05, 4.69) is 40.3 Å². The lowest BCUT2D eigenvalue weighted by atomic mass is 10.00. The summed E-state index contributed by atoms with van der Waals surface area (Å²) in [6, 6.07) is 8.12. The highest BCUT2D eigenvalue weighted by molar-refractivity contribution is 7.80. The molecule has 9 heteroatoms. The van der Waals surface area contributed by atoms with Crippen LogP contribution in [0.3, 0.4) is 0 Å². The van der Waals surface area contributed by atoms with Crippen molar-refractivity contribution >= 4 is 34.9 Å². The second kappa shape index (κ2) is 10.8. The van der Waals surface area contributed by atoms with Crippen LogP contribution < -0.4 is 29.9 Å². The number of rotatable bonds is 5. The van der Waals surface area contributed by atoms with Crippen molar-refractivity contribution in [2.75, 3.05) is 54.5 Å². The number of hydrogen-bond acceptors (Lipinski definition) is 7. The first-order chi connectivity index (χ1) is 17.0. The second-order valence-corrected chi connectivity index (χ2v) is 10.5. The fraction of sp³-hybridized carbons (Fsp3) is 0.577. The molecule has 8 nitrogen and oxygen atoms in total. The zero-order valence-electron chi connectivity index (χ0n) is 20.8. The summed E-state index contributed by atoms with van der Waals surface area (Å²) < 4.78 is 11.3. The quantitative estimate of drug-likeness (QED) is 0.592. The van der Waals surface area contributed by atoms with Crippen LogP contribution in [0.5, 0.6) is 11.5 Å². The summed E-state index contributed by atoms with van der Waals surface area (Å²) >= 11 is 5.61. The first kappa shape index (κ1) is 23.9. The molecule has 2 atom stereocenters. The molecule has 0 unspecified atom stereocenters. The van der Waals surface area contributed by atoms with Gasteiger partial charge in [0.05, 0.1) is 0 Å². The van der Waals surface area contributed by atoms with E-state index in [1.807, 2.05) is 18.2 Å². The van der Waals surface area contributed by atoms with Crippen molar-refractivity contribution in [3.63, 3.8) is 0 Å². The molecule has 0 radical (unpaired) electrons. The molecule has 1 aromatic carbocycles. The standard InChI is InChI=1S/C26H36N6O2S/c1-18-5-3-9-31(16-18)23-14-24(32-10-4-6-19(2)17-32)29-25(28-23)30-26(35)27-15-20-7-8-21-22(13-20)34-12-11-33-21/h7-8,13-14,18-19H,3-6,9-12,15-17H2,1-2H3,(H2,27,28,29,30,35)/t18-,19-/m1/s1. The van der Waals surface area contributed by atoms with Crippen LogP contribution in [0.15, 0.2) is 24.3 Å². The Kier molecular flexibility index (Phi) is 7.41. The normalized spacial score (nSPS) is 22.0. The number of anilines is 3. The molecule has 2 aromatic rings. The number of fused-ring (bicyclic) bond motifs is 1. The topological polar surface area (TPSA) is 74.8 Å². The average Bonchev–Trinajstić information content (AvgIpc) is 2.87. The van der Waals surface area contributed by atoms with Crippen LogP contribution in [0.2, 0.25) is 0 Å². The van der Waals surface area contributed by atoms with Crippen LogP contribution in [0.25, 0.3) is 0 Å². The summed E-state index contributed by atoms with van der Waals surface area (Å²) in [5.74, 6) is 5.42. The number of thiocarbonyl (C=S) groups is 1. The molecule has 2 N–H and O–H groups in total. The molecule has 2 fully saturated rings. The number of ether oxygens (including phenoxy) is 2. The minimum Gasteiger partial charge on any atom is -0.486 e. The molecule has 0 saturated carbocycles. The van der Waals surface area contributed by atoms with E-state index in [1.165, 1.54) is 25.7 Å². The maximum Gasteiger partial charge on any atom is 0.232 e. The van der Waals surface area contributed by atoms with Gasteiger partial charge in [0.25, 0.3) is 0 Å². The Morgan fingerprint density at radius 3 is 2.20 bits per heavy atom. The van der Waals surface area contributed by atoms with Crippen LogP contribution >= 0.6 is 12.2 Å². The van der Waals surface area contributed by atoms with Gasteiger partial charge in [-0.05, 0) is 67.4 Å². The van der Waals surface area contributed by atoms with Crippen molar-refractivity contribution in [3.05, 3.63) is 29.8 Å². The number of piperidine rings is 2. The SMILES string of the molecule is C[C@@H]1CCCN(c2cc(N3CCC[C@@H](C)C3)nc(NC(=S)NCc3ccc4c(c3)OCCO4)n2)C1. The zero-order chi connectivity index (χ0) is 24.2. The van der Waals surface area contributed by atoms with E-state index in [0.29, 0.717) is 42.7 Å². The molecule has 0 amide bonds. The lowest BCUT2D eigenvalue weighted by Crippen LogP contribution is -2.37. The molecule has 0 aliphatic carbocycles. The van der Waals surface area contributed by atoms with Crippen molar-refractivity contribution in [1.29, 1.82) is 0 Å². The van der Waals surface area contributed by atoms with Crippen LogP contribution in [0, 0.1) is 11.8 Å². The third-order valence-corrected chi connectivity index (χ3v) is 7.19. The predicted molar refractivity (Wildman–Crippen MR) is 144 cm³/mol. The van der Waals surface area contributed by atoms with Crippen molar-refractivity contribution < 1.29 is 9.47 Å². The lowest BCUT2D eigenvalue weighted by Gasteiger charge is -2.35. The summed E-state index contributed by atoms with van der Waals surface area (Å²) in [6.07, 6.45) is 4.94. The van der Waals surface area contributed by atoms with E-state index in [-0.39, 0.29) is 0 Å². The van der Waals surface area contributed by atoms with Gasteiger partial charge in [-0.15, -0.1) is 0 Å². The fourth-order valence-electron chi connectivity index (χ4n) is 5.12. The van der Waals surface area contributed by atoms with Crippen LogP contribution in [-0.4, -0.2) is 54.5 Å². The van der Waals surface area contributed by atoms with Gasteiger partial charge < -0.3 is 29.9 Å². The van der Waals surface area contributed by atoms with Gasteiger partial charge in [-0.2, -0.15) is 9.97 Å². The molecule has 3 aliphatic rings. The van der Waals surface area contributed by atoms with Gasteiger partial charge >= 0.3 is 0 Å². The van der Waals surface area contributed by atoms with Gasteiger partial charge in [0.2, 0.25) is 5.95 Å². The number of hydrogen-bond donors (Lipinski definition) is 2. The number of benzene rings is 1. The van der Waals surface area contributed by atoms with Gasteiger partial charge in [0.1, 0.15) is 24.8 Å². The molecule has 1 aromatic heterocycles. The molecule has 35 heavy (non-hydrogen) atoms. The van der Waals surface area contributed by atoms with Gasteiger partial charge in [-0.1, -0.05) is 19.9 Å². The fourth-order valence-corrected chi connectivity index (χ4v) is 5.29. The summed E-state index contributed by atoms with van der Waals surface area (Å²) in [5, 5.41) is 7.03. The summed E-state index contributed by atoms with van der Waals surface area (Å²) in [5.41, 5.74) is 1.07. The van der Waals surface area contributed by atoms with Crippen molar-refractivity contribution in [1.82, 2.24) is 15.3 Å². The Labute approximate surface area is 213 Å². The molecular formula is C26H36N6O2S. The van der Waals surface area contributed by atoms with Gasteiger partial charge in [-0.25, -0.2) is 0 Å². The third kappa shape index (κ3) is 6.07. The Balaban J connectivity index is 1.29. The molecule has 5 rings (SSSR count). The minimum absolute atomic E-state index is 0.502. The molecule has 0 bridgehead atoms. The van der Waals surface area contributed by atoms with E-state index in [1.54, 1.807) is 0 Å². The predicted octanol–water partition coefficient (Wildman–Crippen LogP) is 4.21. The molecular weight excluding hydrogens is 460 g/mol. The maximum atomic E-state index is 5.69. The van der Waals surface area contributed by atoms with E-state index in [0.717, 1.165) is 54.9 Å². The van der Waals surface area contributed by atoms with Crippen LogP contribution in [0.4, 0.5) is 17.6 Å². The number of nitrogens with one attached hydrogen (secondary N) is 2. The Morgan fingerprint density at radius 2 is 1.57 bits per heavy atom. The second-order valence-electron chi connectivity index (χ2n) is 10.1. The largest absolute Gasteiger partial charge is 0.486 e. The molecule has 2 saturated heterocycles. The lowest BCUT2D eigenvalue weighted by molar-refractivity contribution is 0.171. The number of aromatic nitrogens is 2. The Morgan fingerprint density at radius 1 is 0.943 bits per heavy atom. The molecule has 0 spiro atoms. The monoisotopic (exact) mass is 496 g/mol. The Bertz CT molecular complexity index is 1010. The first-order valence-corrected chi connectivity index (χ1v) is 13.3. The first-order valence-electron chi connectivity index (χ1n) is 12.9. The van der Waals surface area contributed by atoms with Crippen LogP contribution in [0.1, 0.15) is 45.1 Å². The summed E-state index contributed by atoms with van der Waals surface area (Å²) in [7, 11) is 0. The highest BCUT2D eigenvalue weighted by atomic mass is 32.1. The zero-order valence-corrected chi connectivity index (χ0v) is 21.6. The molecule has 188 valence electrons. The number of nitrogens with zero attached hydrogens (tertiary/aromatic N) is 4. The maximum absolute atomic E-state index is 5.69. The van der Waals surface area contributed by atoms with E-state index >= 15 is 0 Å². The van der Waals surface area contributed by atoms with Crippen molar-refractivity contribution in [3.8, 4) is 11.5 Å². The Hall–Kier alpha value is -2.81. The third-order valence-electron chi connectivity index (χ3n) is 6.95. The van der Waals surface area contributed by atoms with Gasteiger partial charge in [0, 0.05) is 38.8 Å². The van der Waals surface area contributed by atoms with E-state index < -0.39 is 0 Å². The summed E-state index contributed by atoms with van der Waals surface area (Å²) in [6.45, 7) is 10.5. The highest BCUT2D eigenvalue weighted by Gasteiger charge is 2.23. The highest BCUT2D eigenvalue weighted by Crippen LogP contribution is 2.31. The minimum atomic E-state index is 0.502. The van der Waals surface area contributed by atoms with Crippen molar-refractivity contribution in [2.24, 2.45) is 11.8 Å². The smallest absolute Gasteiger partial charge is 0.232 e. The van der Waals surface area contributed by atoms with E-state index in [9.17, 15) is 0 Å². The van der Waals surface area contributed by atoms with E-state index in [4.69, 9.17) is 31.7 Å². The van der Waals surface area contributed by atoms with Crippen LogP contribution in [-0.2, 0) is 6.54 Å².